The smallest absolute Gasteiger partial charge is 0.119 e. The van der Waals surface area contributed by atoms with Crippen LogP contribution in [0.3, 0.4) is 0 Å². The van der Waals surface area contributed by atoms with Gasteiger partial charge >= 0.3 is 0 Å². The first kappa shape index (κ1) is 14.4. The third-order valence-electron chi connectivity index (χ3n) is 6.77. The van der Waals surface area contributed by atoms with Crippen LogP contribution in [0.5, 0.6) is 5.75 Å². The van der Waals surface area contributed by atoms with Crippen LogP contribution in [0.15, 0.2) is 29.3 Å². The van der Waals surface area contributed by atoms with Crippen molar-refractivity contribution in [1.29, 1.82) is 0 Å². The highest BCUT2D eigenvalue weighted by Crippen LogP contribution is 2.57. The fraction of sp³-hybridized carbons (Fsp3) is 0.619. The van der Waals surface area contributed by atoms with Crippen molar-refractivity contribution in [1.82, 2.24) is 0 Å². The molecule has 0 N–H and O–H groups in total. The van der Waals surface area contributed by atoms with E-state index >= 15 is 0 Å². The van der Waals surface area contributed by atoms with Gasteiger partial charge in [-0.2, -0.15) is 0 Å². The molecule has 0 aliphatic heterocycles. The Morgan fingerprint density at radius 2 is 2.05 bits per heavy atom. The Balaban J connectivity index is 1.76. The van der Waals surface area contributed by atoms with Gasteiger partial charge in [0.2, 0.25) is 0 Å². The maximum Gasteiger partial charge on any atom is 0.119 e. The first-order chi connectivity index (χ1) is 10.7. The number of benzene rings is 1. The van der Waals surface area contributed by atoms with Gasteiger partial charge in [0.15, 0.2) is 0 Å². The van der Waals surface area contributed by atoms with E-state index in [0.717, 1.165) is 29.4 Å². The lowest BCUT2D eigenvalue weighted by Gasteiger charge is -2.47. The van der Waals surface area contributed by atoms with E-state index in [9.17, 15) is 0 Å². The van der Waals surface area contributed by atoms with E-state index in [0.29, 0.717) is 0 Å². The molecule has 0 heterocycles. The lowest BCUT2D eigenvalue weighted by Crippen LogP contribution is -2.36. The van der Waals surface area contributed by atoms with E-state index in [4.69, 9.17) is 4.74 Å². The van der Waals surface area contributed by atoms with Crippen LogP contribution in [-0.4, -0.2) is 7.11 Å². The van der Waals surface area contributed by atoms with Gasteiger partial charge in [0.1, 0.15) is 5.75 Å². The van der Waals surface area contributed by atoms with Crippen LogP contribution in [0.4, 0.5) is 0 Å². The molecule has 4 atom stereocenters. The molecule has 0 unspecified atom stereocenters. The lowest BCUT2D eigenvalue weighted by molar-refractivity contribution is 0.170. The topological polar surface area (TPSA) is 9.23 Å². The summed E-state index contributed by atoms with van der Waals surface area (Å²) >= 11 is 0. The Morgan fingerprint density at radius 3 is 2.82 bits per heavy atom. The summed E-state index contributed by atoms with van der Waals surface area (Å²) in [4.78, 5) is 0. The number of ether oxygens (including phenoxy) is 1. The highest BCUT2D eigenvalue weighted by molar-refractivity contribution is 5.42. The number of rotatable bonds is 2. The second-order valence-corrected chi connectivity index (χ2v) is 7.62. The molecule has 0 bridgehead atoms. The highest BCUT2D eigenvalue weighted by atomic mass is 16.5. The van der Waals surface area contributed by atoms with Crippen molar-refractivity contribution in [3.63, 3.8) is 0 Å². The molecule has 1 fully saturated rings. The van der Waals surface area contributed by atoms with Crippen molar-refractivity contribution in [3.8, 4) is 5.75 Å². The van der Waals surface area contributed by atoms with Crippen LogP contribution < -0.4 is 4.74 Å². The number of aryl methyl sites for hydroxylation is 1. The normalized spacial score (nSPS) is 33.2. The highest BCUT2D eigenvalue weighted by Gasteiger charge is 2.45. The van der Waals surface area contributed by atoms with Crippen molar-refractivity contribution < 1.29 is 4.74 Å². The van der Waals surface area contributed by atoms with Crippen molar-refractivity contribution in [2.45, 2.75) is 58.3 Å². The Bertz CT molecular complexity index is 612. The molecule has 3 aliphatic carbocycles. The van der Waals surface area contributed by atoms with E-state index in [-0.39, 0.29) is 0 Å². The van der Waals surface area contributed by atoms with Crippen LogP contribution in [0.2, 0.25) is 0 Å². The molecule has 22 heavy (non-hydrogen) atoms. The SMILES string of the molecule is CC[C@@H]1CC2=C(C)CC[C@H]2[C@H]2CCc3cc(OC)ccc3[C@@H]12. The molecule has 0 amide bonds. The van der Waals surface area contributed by atoms with E-state index in [1.807, 2.05) is 5.57 Å². The monoisotopic (exact) mass is 296 g/mol. The summed E-state index contributed by atoms with van der Waals surface area (Å²) in [6, 6.07) is 6.85. The number of allylic oxidation sites excluding steroid dienone is 2. The molecule has 1 aromatic carbocycles. The standard InChI is InChI=1S/C21H28O/c1-4-14-12-20-13(2)5-8-18(20)19-9-6-15-11-16(22-3)7-10-17(15)21(14)19/h7,10-11,14,18-19,21H,4-6,8-9,12H2,1-3H3/t14-,18+,19-,21-/m1/s1. The summed E-state index contributed by atoms with van der Waals surface area (Å²) in [5, 5.41) is 0. The third-order valence-corrected chi connectivity index (χ3v) is 6.77. The Kier molecular flexibility index (Phi) is 3.55. The average molecular weight is 296 g/mol. The van der Waals surface area contributed by atoms with Crippen LogP contribution in [0.25, 0.3) is 0 Å². The Morgan fingerprint density at radius 1 is 1.18 bits per heavy atom. The van der Waals surface area contributed by atoms with Crippen LogP contribution in [0.1, 0.15) is 63.0 Å². The molecular formula is C21H28O. The predicted molar refractivity (Wildman–Crippen MR) is 91.4 cm³/mol. The lowest BCUT2D eigenvalue weighted by atomic mass is 9.57. The second-order valence-electron chi connectivity index (χ2n) is 7.62. The van der Waals surface area contributed by atoms with Gasteiger partial charge in [-0.05, 0) is 86.0 Å². The summed E-state index contributed by atoms with van der Waals surface area (Å²) in [6.07, 6.45) is 8.07. The van der Waals surface area contributed by atoms with Crippen LogP contribution >= 0.6 is 0 Å². The van der Waals surface area contributed by atoms with E-state index < -0.39 is 0 Å². The number of fused-ring (bicyclic) bond motifs is 5. The van der Waals surface area contributed by atoms with E-state index in [1.54, 1.807) is 23.8 Å². The first-order valence-electron chi connectivity index (χ1n) is 9.08. The fourth-order valence-corrected chi connectivity index (χ4v) is 5.67. The molecule has 0 aromatic heterocycles. The summed E-state index contributed by atoms with van der Waals surface area (Å²) < 4.78 is 5.45. The molecular weight excluding hydrogens is 268 g/mol. The van der Waals surface area contributed by atoms with Gasteiger partial charge in [0, 0.05) is 0 Å². The van der Waals surface area contributed by atoms with E-state index in [2.05, 4.69) is 32.0 Å². The largest absolute Gasteiger partial charge is 0.497 e. The van der Waals surface area contributed by atoms with Gasteiger partial charge in [0.05, 0.1) is 7.11 Å². The van der Waals surface area contributed by atoms with Gasteiger partial charge in [-0.1, -0.05) is 30.6 Å². The zero-order chi connectivity index (χ0) is 15.3. The number of hydrogen-bond donors (Lipinski definition) is 0. The molecule has 1 heteroatoms. The zero-order valence-electron chi connectivity index (χ0n) is 14.2. The van der Waals surface area contributed by atoms with Gasteiger partial charge in [-0.15, -0.1) is 0 Å². The average Bonchev–Trinajstić information content (AvgIpc) is 2.94. The molecule has 0 spiro atoms. The number of hydrogen-bond acceptors (Lipinski definition) is 1. The summed E-state index contributed by atoms with van der Waals surface area (Å²) in [5.41, 5.74) is 6.78. The van der Waals surface area contributed by atoms with Crippen molar-refractivity contribution in [2.75, 3.05) is 7.11 Å². The molecule has 0 saturated heterocycles. The minimum Gasteiger partial charge on any atom is -0.497 e. The maximum absolute atomic E-state index is 5.45. The molecule has 0 radical (unpaired) electrons. The predicted octanol–water partition coefficient (Wildman–Crippen LogP) is 5.50. The molecule has 1 aromatic rings. The van der Waals surface area contributed by atoms with Crippen molar-refractivity contribution in [3.05, 3.63) is 40.5 Å². The van der Waals surface area contributed by atoms with Gasteiger partial charge in [0.25, 0.3) is 0 Å². The quantitative estimate of drug-likeness (QED) is 0.655. The Labute approximate surface area is 134 Å². The maximum atomic E-state index is 5.45. The van der Waals surface area contributed by atoms with Crippen LogP contribution in [-0.2, 0) is 6.42 Å². The molecule has 1 nitrogen and oxygen atoms in total. The van der Waals surface area contributed by atoms with Gasteiger partial charge in [-0.3, -0.25) is 0 Å². The number of methoxy groups -OCH3 is 1. The third kappa shape index (κ3) is 2.05. The minimum atomic E-state index is 0.791. The molecule has 3 aliphatic rings. The van der Waals surface area contributed by atoms with Gasteiger partial charge < -0.3 is 4.74 Å². The van der Waals surface area contributed by atoms with Gasteiger partial charge in [-0.25, -0.2) is 0 Å². The summed E-state index contributed by atoms with van der Waals surface area (Å²) in [5.74, 6) is 4.45. The summed E-state index contributed by atoms with van der Waals surface area (Å²) in [7, 11) is 1.78. The van der Waals surface area contributed by atoms with Crippen molar-refractivity contribution >= 4 is 0 Å². The fourth-order valence-electron chi connectivity index (χ4n) is 5.67. The first-order valence-corrected chi connectivity index (χ1v) is 9.08. The van der Waals surface area contributed by atoms with Crippen LogP contribution in [0, 0.1) is 17.8 Å². The molecule has 4 rings (SSSR count). The Hall–Kier alpha value is -1.24. The zero-order valence-corrected chi connectivity index (χ0v) is 14.2. The van der Waals surface area contributed by atoms with Crippen molar-refractivity contribution in [2.24, 2.45) is 17.8 Å². The van der Waals surface area contributed by atoms with E-state index in [1.165, 1.54) is 38.5 Å². The second kappa shape index (κ2) is 5.44. The summed E-state index contributed by atoms with van der Waals surface area (Å²) in [6.45, 7) is 4.79. The molecule has 118 valence electrons. The molecule has 1 saturated carbocycles. The minimum absolute atomic E-state index is 0.791.